The summed E-state index contributed by atoms with van der Waals surface area (Å²) in [6, 6.07) is 12.2. The van der Waals surface area contributed by atoms with Crippen molar-refractivity contribution in [2.45, 2.75) is 0 Å². The van der Waals surface area contributed by atoms with Gasteiger partial charge in [0.2, 0.25) is 0 Å². The van der Waals surface area contributed by atoms with E-state index in [1.807, 2.05) is 20.2 Å². The van der Waals surface area contributed by atoms with E-state index in [1.165, 1.54) is 6.08 Å². The fourth-order valence-electron chi connectivity index (χ4n) is 1.82. The molecule has 0 saturated heterocycles. The first-order chi connectivity index (χ1) is 11.0. The summed E-state index contributed by atoms with van der Waals surface area (Å²) < 4.78 is 10.6. The van der Waals surface area contributed by atoms with Crippen molar-refractivity contribution in [2.75, 3.05) is 31.4 Å². The number of halogens is 1. The SMILES string of the molecule is COc1ccc(NC(=O)C(C#N)=Cc2ccc(N(C)C)o2)cc1.Cl. The maximum atomic E-state index is 12.2. The zero-order valence-electron chi connectivity index (χ0n) is 13.6. The van der Waals surface area contributed by atoms with E-state index >= 15 is 0 Å². The van der Waals surface area contributed by atoms with E-state index in [1.54, 1.807) is 48.4 Å². The number of ether oxygens (including phenoxy) is 1. The summed E-state index contributed by atoms with van der Waals surface area (Å²) in [7, 11) is 5.25. The maximum absolute atomic E-state index is 12.2. The number of hydrogen-bond donors (Lipinski definition) is 1. The van der Waals surface area contributed by atoms with Crippen LogP contribution in [0.4, 0.5) is 11.6 Å². The van der Waals surface area contributed by atoms with Crippen LogP contribution in [-0.4, -0.2) is 27.1 Å². The van der Waals surface area contributed by atoms with Crippen LogP contribution in [-0.2, 0) is 4.79 Å². The summed E-state index contributed by atoms with van der Waals surface area (Å²) in [5.41, 5.74) is 0.533. The molecule has 2 aromatic rings. The van der Waals surface area contributed by atoms with Crippen LogP contribution in [0.15, 0.2) is 46.4 Å². The first kappa shape index (κ1) is 19.1. The molecule has 1 aromatic carbocycles. The van der Waals surface area contributed by atoms with Gasteiger partial charge in [0, 0.05) is 31.9 Å². The summed E-state index contributed by atoms with van der Waals surface area (Å²) in [6.45, 7) is 0. The quantitative estimate of drug-likeness (QED) is 0.663. The fraction of sp³-hybridized carbons (Fsp3) is 0.176. The van der Waals surface area contributed by atoms with Crippen LogP contribution in [0.3, 0.4) is 0 Å². The molecule has 0 unspecified atom stereocenters. The summed E-state index contributed by atoms with van der Waals surface area (Å²) in [5, 5.41) is 11.8. The molecular formula is C17H18ClN3O3. The Balaban J connectivity index is 0.00000288. The van der Waals surface area contributed by atoms with Crippen molar-refractivity contribution in [1.29, 1.82) is 5.26 Å². The molecule has 0 bridgehead atoms. The molecule has 0 aliphatic rings. The second-order valence-corrected chi connectivity index (χ2v) is 4.92. The van der Waals surface area contributed by atoms with Crippen molar-refractivity contribution in [3.63, 3.8) is 0 Å². The number of nitrogens with one attached hydrogen (secondary N) is 1. The van der Waals surface area contributed by atoms with Crippen LogP contribution in [0.5, 0.6) is 5.75 Å². The molecule has 1 aromatic heterocycles. The Morgan fingerprint density at radius 1 is 1.25 bits per heavy atom. The first-order valence-electron chi connectivity index (χ1n) is 6.88. The van der Waals surface area contributed by atoms with Crippen molar-refractivity contribution < 1.29 is 13.9 Å². The third-order valence-corrected chi connectivity index (χ3v) is 3.05. The molecule has 6 nitrogen and oxygen atoms in total. The molecule has 0 aliphatic heterocycles. The number of benzene rings is 1. The van der Waals surface area contributed by atoms with Gasteiger partial charge in [-0.3, -0.25) is 4.79 Å². The molecule has 0 spiro atoms. The van der Waals surface area contributed by atoms with Crippen molar-refractivity contribution in [3.05, 3.63) is 47.7 Å². The lowest BCUT2D eigenvalue weighted by Gasteiger charge is -2.06. The van der Waals surface area contributed by atoms with E-state index in [0.29, 0.717) is 23.1 Å². The number of furan rings is 1. The van der Waals surface area contributed by atoms with E-state index in [4.69, 9.17) is 9.15 Å². The molecule has 1 amide bonds. The van der Waals surface area contributed by atoms with Crippen LogP contribution in [0, 0.1) is 11.3 Å². The highest BCUT2D eigenvalue weighted by atomic mass is 35.5. The highest BCUT2D eigenvalue weighted by Gasteiger charge is 2.11. The number of hydrogen-bond acceptors (Lipinski definition) is 5. The lowest BCUT2D eigenvalue weighted by molar-refractivity contribution is -0.112. The van der Waals surface area contributed by atoms with Crippen LogP contribution < -0.4 is 15.0 Å². The van der Waals surface area contributed by atoms with Crippen molar-refractivity contribution >= 4 is 36.0 Å². The van der Waals surface area contributed by atoms with Gasteiger partial charge in [-0.05, 0) is 30.3 Å². The second-order valence-electron chi connectivity index (χ2n) is 4.92. The van der Waals surface area contributed by atoms with Crippen molar-refractivity contribution in [3.8, 4) is 11.8 Å². The third-order valence-electron chi connectivity index (χ3n) is 3.05. The summed E-state index contributed by atoms with van der Waals surface area (Å²) in [6.07, 6.45) is 1.41. The molecule has 0 atom stereocenters. The molecular weight excluding hydrogens is 330 g/mol. The number of anilines is 2. The predicted octanol–water partition coefficient (Wildman–Crippen LogP) is 3.32. The molecule has 0 radical (unpaired) electrons. The van der Waals surface area contributed by atoms with Gasteiger partial charge in [0.1, 0.15) is 23.2 Å². The minimum absolute atomic E-state index is 0. The average Bonchev–Trinajstić information content (AvgIpc) is 3.02. The van der Waals surface area contributed by atoms with Crippen molar-refractivity contribution in [2.24, 2.45) is 0 Å². The lowest BCUT2D eigenvalue weighted by atomic mass is 10.2. The Morgan fingerprint density at radius 3 is 2.42 bits per heavy atom. The lowest BCUT2D eigenvalue weighted by Crippen LogP contribution is -2.13. The monoisotopic (exact) mass is 347 g/mol. The van der Waals surface area contributed by atoms with Gasteiger partial charge < -0.3 is 19.4 Å². The van der Waals surface area contributed by atoms with Gasteiger partial charge in [-0.2, -0.15) is 5.26 Å². The van der Waals surface area contributed by atoms with E-state index in [0.717, 1.165) is 0 Å². The standard InChI is InChI=1S/C17H17N3O3.ClH/c1-20(2)16-9-8-15(23-16)10-12(11-18)17(21)19-13-4-6-14(22-3)7-5-13;/h4-10H,1-3H3,(H,19,21);1H. The van der Waals surface area contributed by atoms with Crippen LogP contribution >= 0.6 is 12.4 Å². The van der Waals surface area contributed by atoms with Gasteiger partial charge in [-0.15, -0.1) is 12.4 Å². The van der Waals surface area contributed by atoms with Gasteiger partial charge in [-0.1, -0.05) is 0 Å². The Morgan fingerprint density at radius 2 is 1.92 bits per heavy atom. The van der Waals surface area contributed by atoms with Gasteiger partial charge >= 0.3 is 0 Å². The number of carbonyl (C=O) groups excluding carboxylic acids is 1. The zero-order chi connectivity index (χ0) is 16.8. The topological polar surface area (TPSA) is 78.5 Å². The van der Waals surface area contributed by atoms with Crippen molar-refractivity contribution in [1.82, 2.24) is 0 Å². The van der Waals surface area contributed by atoms with Crippen LogP contribution in [0.2, 0.25) is 0 Å². The molecule has 1 heterocycles. The summed E-state index contributed by atoms with van der Waals surface area (Å²) in [4.78, 5) is 14.0. The van der Waals surface area contributed by atoms with Gasteiger partial charge in [-0.25, -0.2) is 0 Å². The molecule has 2 rings (SSSR count). The smallest absolute Gasteiger partial charge is 0.266 e. The minimum Gasteiger partial charge on any atom is -0.497 e. The Bertz CT molecular complexity index is 758. The number of methoxy groups -OCH3 is 1. The van der Waals surface area contributed by atoms with Gasteiger partial charge in [0.25, 0.3) is 5.91 Å². The molecule has 126 valence electrons. The van der Waals surface area contributed by atoms with E-state index < -0.39 is 5.91 Å². The normalized spacial score (nSPS) is 10.3. The predicted molar refractivity (Wildman–Crippen MR) is 95.5 cm³/mol. The Hall–Kier alpha value is -2.91. The molecule has 24 heavy (non-hydrogen) atoms. The number of amides is 1. The molecule has 0 saturated carbocycles. The van der Waals surface area contributed by atoms with E-state index in [2.05, 4.69) is 5.32 Å². The number of nitriles is 1. The molecule has 0 fully saturated rings. The number of rotatable bonds is 5. The Labute approximate surface area is 146 Å². The fourth-order valence-corrected chi connectivity index (χ4v) is 1.82. The second kappa shape index (κ2) is 8.65. The highest BCUT2D eigenvalue weighted by Crippen LogP contribution is 2.19. The zero-order valence-corrected chi connectivity index (χ0v) is 14.4. The summed E-state index contributed by atoms with van der Waals surface area (Å²) in [5.74, 6) is 1.27. The van der Waals surface area contributed by atoms with E-state index in [9.17, 15) is 10.1 Å². The summed E-state index contributed by atoms with van der Waals surface area (Å²) >= 11 is 0. The number of carbonyl (C=O) groups is 1. The molecule has 7 heteroatoms. The molecule has 1 N–H and O–H groups in total. The average molecular weight is 348 g/mol. The Kier molecular flexibility index (Phi) is 6.90. The van der Waals surface area contributed by atoms with Gasteiger partial charge in [0.05, 0.1) is 7.11 Å². The van der Waals surface area contributed by atoms with Crippen LogP contribution in [0.25, 0.3) is 6.08 Å². The van der Waals surface area contributed by atoms with Gasteiger partial charge in [0.15, 0.2) is 5.88 Å². The minimum atomic E-state index is -0.500. The molecule has 0 aliphatic carbocycles. The third kappa shape index (κ3) is 4.80. The highest BCUT2D eigenvalue weighted by molar-refractivity contribution is 6.09. The van der Waals surface area contributed by atoms with Crippen LogP contribution in [0.1, 0.15) is 5.76 Å². The first-order valence-corrected chi connectivity index (χ1v) is 6.88. The maximum Gasteiger partial charge on any atom is 0.266 e. The number of nitrogens with zero attached hydrogens (tertiary/aromatic N) is 2. The van der Waals surface area contributed by atoms with E-state index in [-0.39, 0.29) is 18.0 Å². The largest absolute Gasteiger partial charge is 0.497 e.